The van der Waals surface area contributed by atoms with Gasteiger partial charge in [-0.05, 0) is 26.2 Å². The van der Waals surface area contributed by atoms with Gasteiger partial charge in [-0.1, -0.05) is 0 Å². The quantitative estimate of drug-likeness (QED) is 0.753. The van der Waals surface area contributed by atoms with Crippen LogP contribution in [0, 0.1) is 0 Å². The number of carbonyl (C=O) groups excluding carboxylic acids is 1. The lowest BCUT2D eigenvalue weighted by molar-refractivity contribution is -0.169. The molecule has 0 aromatic carbocycles. The summed E-state index contributed by atoms with van der Waals surface area (Å²) < 4.78 is 11.8. The largest absolute Gasteiger partial charge is 0.461 e. The molecule has 110 valence electrons. The molecule has 1 N–H and O–H groups in total. The number of aliphatic hydroxyl groups excluding tert-OH is 1. The summed E-state index contributed by atoms with van der Waals surface area (Å²) in [7, 11) is 0. The molecule has 0 saturated heterocycles. The fourth-order valence-electron chi connectivity index (χ4n) is 2.19. The van der Waals surface area contributed by atoms with Gasteiger partial charge in [0.05, 0.1) is 19.8 Å². The van der Waals surface area contributed by atoms with Gasteiger partial charge in [0.2, 0.25) is 0 Å². The summed E-state index contributed by atoms with van der Waals surface area (Å²) in [4.78, 5) is 27.6. The Labute approximate surface area is 116 Å². The second-order valence-corrected chi connectivity index (χ2v) is 4.57. The van der Waals surface area contributed by atoms with E-state index in [1.165, 1.54) is 10.9 Å². The number of carbonyl (C=O) groups is 1. The van der Waals surface area contributed by atoms with Crippen molar-refractivity contribution in [3.05, 3.63) is 28.4 Å². The second kappa shape index (κ2) is 6.15. The molecule has 1 aliphatic rings. The molecule has 0 bridgehead atoms. The molecule has 2 rings (SSSR count). The third-order valence-corrected chi connectivity index (χ3v) is 3.33. The average molecular weight is 282 g/mol. The van der Waals surface area contributed by atoms with E-state index in [-0.39, 0.29) is 31.1 Å². The Bertz CT molecular complexity index is 536. The Morgan fingerprint density at radius 2 is 2.30 bits per heavy atom. The van der Waals surface area contributed by atoms with Gasteiger partial charge in [-0.2, -0.15) is 0 Å². The number of aliphatic hydroxyl groups is 1. The highest BCUT2D eigenvalue weighted by Gasteiger charge is 2.40. The zero-order chi connectivity index (χ0) is 14.6. The topological polar surface area (TPSA) is 90.7 Å². The molecule has 20 heavy (non-hydrogen) atoms. The van der Waals surface area contributed by atoms with Gasteiger partial charge in [-0.3, -0.25) is 9.36 Å². The van der Waals surface area contributed by atoms with Gasteiger partial charge in [0.25, 0.3) is 5.56 Å². The van der Waals surface area contributed by atoms with Gasteiger partial charge < -0.3 is 14.6 Å². The predicted octanol–water partition coefficient (Wildman–Crippen LogP) is 0.266. The van der Waals surface area contributed by atoms with Crippen molar-refractivity contribution in [3.8, 4) is 0 Å². The van der Waals surface area contributed by atoms with Crippen molar-refractivity contribution in [2.24, 2.45) is 0 Å². The summed E-state index contributed by atoms with van der Waals surface area (Å²) in [6.45, 7) is 1.97. The van der Waals surface area contributed by atoms with Gasteiger partial charge in [0.15, 0.2) is 5.69 Å². The van der Waals surface area contributed by atoms with E-state index in [1.807, 2.05) is 0 Å². The summed E-state index contributed by atoms with van der Waals surface area (Å²) in [6.07, 6.45) is 3.63. The Kier molecular flexibility index (Phi) is 4.51. The van der Waals surface area contributed by atoms with Gasteiger partial charge in [0.1, 0.15) is 12.1 Å². The zero-order valence-corrected chi connectivity index (χ0v) is 11.4. The van der Waals surface area contributed by atoms with E-state index in [9.17, 15) is 9.59 Å². The van der Waals surface area contributed by atoms with Crippen LogP contribution in [0.25, 0.3) is 0 Å². The molecule has 0 unspecified atom stereocenters. The normalized spacial score (nSPS) is 16.5. The summed E-state index contributed by atoms with van der Waals surface area (Å²) in [5, 5.41) is 8.85. The van der Waals surface area contributed by atoms with Crippen molar-refractivity contribution < 1.29 is 19.4 Å². The van der Waals surface area contributed by atoms with Crippen molar-refractivity contribution in [3.63, 3.8) is 0 Å². The van der Waals surface area contributed by atoms with Crippen LogP contribution in [-0.2, 0) is 15.2 Å². The second-order valence-electron chi connectivity index (χ2n) is 4.57. The van der Waals surface area contributed by atoms with Crippen molar-refractivity contribution in [2.45, 2.75) is 31.9 Å². The lowest BCUT2D eigenvalue weighted by atomic mass is 9.87. The fraction of sp³-hybridized carbons (Fsp3) is 0.615. The Hall–Kier alpha value is -1.73. The maximum absolute atomic E-state index is 12.1. The standard InChI is InChI=1S/C13H18N2O5/c1-2-19-12(18)10-8-11(17)15(9-14-10)13(4-3-5-13)20-7-6-16/h8-9,16H,2-7H2,1H3. The molecule has 0 spiro atoms. The molecule has 1 fully saturated rings. The molecule has 7 nitrogen and oxygen atoms in total. The lowest BCUT2D eigenvalue weighted by Crippen LogP contribution is -2.49. The van der Waals surface area contributed by atoms with Crippen molar-refractivity contribution in [2.75, 3.05) is 19.8 Å². The predicted molar refractivity (Wildman–Crippen MR) is 69.3 cm³/mol. The van der Waals surface area contributed by atoms with E-state index < -0.39 is 11.7 Å². The number of rotatable bonds is 6. The first kappa shape index (κ1) is 14.7. The lowest BCUT2D eigenvalue weighted by Gasteiger charge is -2.42. The molecule has 7 heteroatoms. The minimum Gasteiger partial charge on any atom is -0.461 e. The Morgan fingerprint density at radius 1 is 1.55 bits per heavy atom. The summed E-state index contributed by atoms with van der Waals surface area (Å²) in [6, 6.07) is 1.15. The van der Waals surface area contributed by atoms with E-state index in [4.69, 9.17) is 14.6 Å². The highest BCUT2D eigenvalue weighted by Crippen LogP contribution is 2.39. The highest BCUT2D eigenvalue weighted by molar-refractivity contribution is 5.86. The van der Waals surface area contributed by atoms with E-state index in [0.29, 0.717) is 12.8 Å². The summed E-state index contributed by atoms with van der Waals surface area (Å²) >= 11 is 0. The van der Waals surface area contributed by atoms with E-state index in [1.54, 1.807) is 6.92 Å². The Balaban J connectivity index is 2.25. The molecular formula is C13H18N2O5. The first-order chi connectivity index (χ1) is 9.63. The van der Waals surface area contributed by atoms with Gasteiger partial charge in [-0.25, -0.2) is 9.78 Å². The minimum atomic E-state index is -0.736. The molecule has 1 aromatic heterocycles. The van der Waals surface area contributed by atoms with Crippen LogP contribution in [0.1, 0.15) is 36.7 Å². The zero-order valence-electron chi connectivity index (χ0n) is 11.4. The van der Waals surface area contributed by atoms with Crippen LogP contribution in [0.4, 0.5) is 0 Å². The first-order valence-corrected chi connectivity index (χ1v) is 6.64. The molecule has 0 aliphatic heterocycles. The van der Waals surface area contributed by atoms with Gasteiger partial charge >= 0.3 is 5.97 Å². The summed E-state index contributed by atoms with van der Waals surface area (Å²) in [5.74, 6) is -0.615. The van der Waals surface area contributed by atoms with Crippen LogP contribution in [-0.4, -0.2) is 40.4 Å². The van der Waals surface area contributed by atoms with Crippen LogP contribution < -0.4 is 5.56 Å². The number of nitrogens with zero attached hydrogens (tertiary/aromatic N) is 2. The first-order valence-electron chi connectivity index (χ1n) is 6.64. The van der Waals surface area contributed by atoms with Gasteiger partial charge in [0, 0.05) is 6.07 Å². The molecule has 1 saturated carbocycles. The molecule has 1 aromatic rings. The smallest absolute Gasteiger partial charge is 0.357 e. The summed E-state index contributed by atoms with van der Waals surface area (Å²) in [5.41, 5.74) is -1.11. The molecule has 0 atom stereocenters. The number of hydrogen-bond donors (Lipinski definition) is 1. The highest BCUT2D eigenvalue weighted by atomic mass is 16.5. The molecular weight excluding hydrogens is 264 g/mol. The van der Waals surface area contributed by atoms with Crippen LogP contribution >= 0.6 is 0 Å². The van der Waals surface area contributed by atoms with Gasteiger partial charge in [-0.15, -0.1) is 0 Å². The van der Waals surface area contributed by atoms with Crippen molar-refractivity contribution in [1.29, 1.82) is 0 Å². The number of esters is 1. The van der Waals surface area contributed by atoms with E-state index in [0.717, 1.165) is 12.5 Å². The van der Waals surface area contributed by atoms with Crippen LogP contribution in [0.2, 0.25) is 0 Å². The van der Waals surface area contributed by atoms with E-state index in [2.05, 4.69) is 4.98 Å². The third-order valence-electron chi connectivity index (χ3n) is 3.33. The van der Waals surface area contributed by atoms with Crippen molar-refractivity contribution in [1.82, 2.24) is 9.55 Å². The monoisotopic (exact) mass is 282 g/mol. The molecule has 1 heterocycles. The number of hydrogen-bond acceptors (Lipinski definition) is 6. The molecule has 0 radical (unpaired) electrons. The SMILES string of the molecule is CCOC(=O)c1cc(=O)n(C2(OCCO)CCC2)cn1. The third kappa shape index (κ3) is 2.73. The van der Waals surface area contributed by atoms with E-state index >= 15 is 0 Å². The molecule has 1 aliphatic carbocycles. The van der Waals surface area contributed by atoms with Crippen LogP contribution in [0.3, 0.4) is 0 Å². The van der Waals surface area contributed by atoms with Crippen LogP contribution in [0.15, 0.2) is 17.2 Å². The Morgan fingerprint density at radius 3 is 2.80 bits per heavy atom. The maximum Gasteiger partial charge on any atom is 0.357 e. The van der Waals surface area contributed by atoms with Crippen molar-refractivity contribution >= 4 is 5.97 Å². The number of ether oxygens (including phenoxy) is 2. The molecule has 0 amide bonds. The maximum atomic E-state index is 12.1. The van der Waals surface area contributed by atoms with Crippen LogP contribution in [0.5, 0.6) is 0 Å². The minimum absolute atomic E-state index is 0.00951. The number of aromatic nitrogens is 2. The average Bonchev–Trinajstić information content (AvgIpc) is 2.39. The fourth-order valence-corrected chi connectivity index (χ4v) is 2.19.